The summed E-state index contributed by atoms with van der Waals surface area (Å²) in [6.45, 7) is 5.14. The zero-order chi connectivity index (χ0) is 23.6. The van der Waals surface area contributed by atoms with Crippen molar-refractivity contribution < 1.29 is 22.7 Å². The number of fused-ring (bicyclic) bond motifs is 1. The fourth-order valence-electron chi connectivity index (χ4n) is 4.45. The highest BCUT2D eigenvalue weighted by molar-refractivity contribution is 7.89. The van der Waals surface area contributed by atoms with Crippen molar-refractivity contribution in [2.75, 3.05) is 19.6 Å². The van der Waals surface area contributed by atoms with Gasteiger partial charge in [0.15, 0.2) is 6.10 Å². The minimum atomic E-state index is -3.58. The lowest BCUT2D eigenvalue weighted by molar-refractivity contribution is -0.163. The molecule has 1 atom stereocenters. The van der Waals surface area contributed by atoms with Crippen LogP contribution in [0.3, 0.4) is 0 Å². The molecule has 4 rings (SSSR count). The molecule has 1 fully saturated rings. The molecule has 0 aliphatic carbocycles. The molecule has 0 N–H and O–H groups in total. The van der Waals surface area contributed by atoms with Crippen molar-refractivity contribution >= 4 is 21.9 Å². The number of ether oxygens (including phenoxy) is 1. The van der Waals surface area contributed by atoms with Gasteiger partial charge < -0.3 is 9.64 Å². The van der Waals surface area contributed by atoms with Gasteiger partial charge >= 0.3 is 5.97 Å². The van der Waals surface area contributed by atoms with Crippen molar-refractivity contribution in [3.05, 3.63) is 65.2 Å². The van der Waals surface area contributed by atoms with Gasteiger partial charge in [0.25, 0.3) is 5.91 Å². The van der Waals surface area contributed by atoms with Gasteiger partial charge in [0, 0.05) is 26.2 Å². The summed E-state index contributed by atoms with van der Waals surface area (Å²) < 4.78 is 32.7. The van der Waals surface area contributed by atoms with Crippen LogP contribution in [0.2, 0.25) is 0 Å². The highest BCUT2D eigenvalue weighted by Gasteiger charge is 2.34. The number of benzene rings is 2. The molecule has 2 aliphatic heterocycles. The average Bonchev–Trinajstić information content (AvgIpc) is 2.83. The van der Waals surface area contributed by atoms with Crippen molar-refractivity contribution in [1.29, 1.82) is 0 Å². The van der Waals surface area contributed by atoms with Gasteiger partial charge in [0.2, 0.25) is 10.0 Å². The predicted octanol–water partition coefficient (Wildman–Crippen LogP) is 2.91. The summed E-state index contributed by atoms with van der Waals surface area (Å²) in [5.74, 6) is -1.04. The third kappa shape index (κ3) is 5.12. The van der Waals surface area contributed by atoms with E-state index < -0.39 is 28.0 Å². The fraction of sp³-hybridized carbons (Fsp3) is 0.440. The Kier molecular flexibility index (Phi) is 6.86. The second kappa shape index (κ2) is 9.65. The van der Waals surface area contributed by atoms with Gasteiger partial charge in [-0.3, -0.25) is 9.59 Å². The van der Waals surface area contributed by atoms with E-state index in [1.54, 1.807) is 36.1 Å². The zero-order valence-corrected chi connectivity index (χ0v) is 19.9. The summed E-state index contributed by atoms with van der Waals surface area (Å²) in [5, 5.41) is 0. The van der Waals surface area contributed by atoms with Crippen molar-refractivity contribution in [1.82, 2.24) is 9.21 Å². The molecule has 8 heteroatoms. The lowest BCUT2D eigenvalue weighted by Crippen LogP contribution is -2.44. The summed E-state index contributed by atoms with van der Waals surface area (Å²) >= 11 is 0. The van der Waals surface area contributed by atoms with E-state index in [0.29, 0.717) is 25.9 Å². The van der Waals surface area contributed by atoms with Crippen LogP contribution in [-0.4, -0.2) is 55.2 Å². The fourth-order valence-corrected chi connectivity index (χ4v) is 5.92. The van der Waals surface area contributed by atoms with E-state index in [2.05, 4.69) is 6.07 Å². The number of carbonyl (C=O) groups is 2. The largest absolute Gasteiger partial charge is 0.452 e. The molecule has 33 heavy (non-hydrogen) atoms. The van der Waals surface area contributed by atoms with E-state index in [-0.39, 0.29) is 23.9 Å². The van der Waals surface area contributed by atoms with E-state index in [9.17, 15) is 18.0 Å². The number of aryl methyl sites for hydroxylation is 1. The van der Waals surface area contributed by atoms with Crippen LogP contribution in [0.4, 0.5) is 0 Å². The Morgan fingerprint density at radius 1 is 0.970 bits per heavy atom. The first-order valence-electron chi connectivity index (χ1n) is 11.4. The van der Waals surface area contributed by atoms with Gasteiger partial charge in [-0.2, -0.15) is 4.31 Å². The highest BCUT2D eigenvalue weighted by Crippen LogP contribution is 2.26. The molecule has 1 amide bonds. The summed E-state index contributed by atoms with van der Waals surface area (Å²) in [4.78, 5) is 27.5. The van der Waals surface area contributed by atoms with Crippen LogP contribution in [0.1, 0.15) is 36.5 Å². The molecule has 2 aromatic carbocycles. The van der Waals surface area contributed by atoms with E-state index in [4.69, 9.17) is 4.74 Å². The summed E-state index contributed by atoms with van der Waals surface area (Å²) in [5.41, 5.74) is 3.36. The molecule has 1 unspecified atom stereocenters. The molecule has 7 nitrogen and oxygen atoms in total. The number of sulfonamides is 1. The Hall–Kier alpha value is -2.71. The molecule has 0 aromatic heterocycles. The molecular weight excluding hydrogens is 440 g/mol. The molecular formula is C25H30N2O5S. The van der Waals surface area contributed by atoms with Crippen molar-refractivity contribution in [2.45, 2.75) is 50.7 Å². The van der Waals surface area contributed by atoms with Crippen LogP contribution in [0, 0.1) is 12.8 Å². The number of piperidine rings is 1. The van der Waals surface area contributed by atoms with Crippen LogP contribution < -0.4 is 0 Å². The molecule has 0 saturated carbocycles. The molecule has 0 bridgehead atoms. The second-order valence-corrected chi connectivity index (χ2v) is 10.8. The number of esters is 1. The molecule has 2 heterocycles. The van der Waals surface area contributed by atoms with Crippen LogP contribution in [0.5, 0.6) is 0 Å². The van der Waals surface area contributed by atoms with Gasteiger partial charge in [-0.15, -0.1) is 0 Å². The van der Waals surface area contributed by atoms with Gasteiger partial charge in [0.1, 0.15) is 0 Å². The van der Waals surface area contributed by atoms with Gasteiger partial charge in [-0.25, -0.2) is 8.42 Å². The summed E-state index contributed by atoms with van der Waals surface area (Å²) in [7, 11) is -3.58. The normalized spacial score (nSPS) is 18.4. The predicted molar refractivity (Wildman–Crippen MR) is 124 cm³/mol. The molecule has 0 spiro atoms. The smallest absolute Gasteiger partial charge is 0.309 e. The third-order valence-electron chi connectivity index (χ3n) is 6.53. The number of nitrogens with zero attached hydrogens (tertiary/aromatic N) is 2. The Balaban J connectivity index is 1.30. The zero-order valence-electron chi connectivity index (χ0n) is 19.1. The molecule has 2 aromatic rings. The monoisotopic (exact) mass is 470 g/mol. The molecule has 2 aliphatic rings. The lowest BCUT2D eigenvalue weighted by atomic mass is 9.98. The van der Waals surface area contributed by atoms with Crippen molar-refractivity contribution in [3.8, 4) is 0 Å². The van der Waals surface area contributed by atoms with Crippen LogP contribution in [-0.2, 0) is 37.3 Å². The topological polar surface area (TPSA) is 84.0 Å². The first kappa shape index (κ1) is 23.4. The Labute approximate surface area is 195 Å². The average molecular weight is 471 g/mol. The second-order valence-electron chi connectivity index (χ2n) is 8.85. The van der Waals surface area contributed by atoms with Gasteiger partial charge in [-0.1, -0.05) is 42.0 Å². The maximum atomic E-state index is 12.9. The number of amides is 1. The number of hydrogen-bond acceptors (Lipinski definition) is 5. The third-order valence-corrected chi connectivity index (χ3v) is 8.44. The Morgan fingerprint density at radius 2 is 1.61 bits per heavy atom. The maximum Gasteiger partial charge on any atom is 0.309 e. The maximum absolute atomic E-state index is 12.9. The number of hydrogen-bond donors (Lipinski definition) is 0. The first-order chi connectivity index (χ1) is 15.8. The van der Waals surface area contributed by atoms with Crippen LogP contribution in [0.25, 0.3) is 0 Å². The molecule has 176 valence electrons. The lowest BCUT2D eigenvalue weighted by Gasteiger charge is -2.32. The summed E-state index contributed by atoms with van der Waals surface area (Å²) in [6.07, 6.45) is 0.678. The Morgan fingerprint density at radius 3 is 2.27 bits per heavy atom. The first-order valence-corrected chi connectivity index (χ1v) is 12.8. The highest BCUT2D eigenvalue weighted by atomic mass is 32.2. The van der Waals surface area contributed by atoms with E-state index in [0.717, 1.165) is 17.5 Å². The SMILES string of the molecule is Cc1ccc(S(=O)(=O)N2CCC(C(=O)OC(C)C(=O)N3CCc4ccccc4C3)CC2)cc1. The number of rotatable bonds is 5. The number of carbonyl (C=O) groups excluding carboxylic acids is 2. The van der Waals surface area contributed by atoms with Crippen molar-refractivity contribution in [2.24, 2.45) is 5.92 Å². The van der Waals surface area contributed by atoms with Crippen LogP contribution in [0.15, 0.2) is 53.4 Å². The van der Waals surface area contributed by atoms with E-state index in [1.807, 2.05) is 25.1 Å². The van der Waals surface area contributed by atoms with E-state index >= 15 is 0 Å². The quantitative estimate of drug-likeness (QED) is 0.628. The van der Waals surface area contributed by atoms with Crippen LogP contribution >= 0.6 is 0 Å². The Bertz CT molecular complexity index is 1120. The standard InChI is InChI=1S/C25H30N2O5S/c1-18-7-9-23(10-8-18)33(30,31)27-15-12-21(13-16-27)25(29)32-19(2)24(28)26-14-11-20-5-3-4-6-22(20)17-26/h3-10,19,21H,11-17H2,1-2H3. The van der Waals surface area contributed by atoms with Gasteiger partial charge in [-0.05, 0) is 56.4 Å². The molecule has 1 saturated heterocycles. The van der Waals surface area contributed by atoms with E-state index in [1.165, 1.54) is 9.87 Å². The minimum absolute atomic E-state index is 0.197. The van der Waals surface area contributed by atoms with Gasteiger partial charge in [0.05, 0.1) is 10.8 Å². The summed E-state index contributed by atoms with van der Waals surface area (Å²) in [6, 6.07) is 14.8. The minimum Gasteiger partial charge on any atom is -0.452 e. The molecule has 0 radical (unpaired) electrons. The van der Waals surface area contributed by atoms with Crippen molar-refractivity contribution in [3.63, 3.8) is 0 Å².